The Hall–Kier alpha value is -2.06. The molecule has 1 aliphatic heterocycles. The van der Waals surface area contributed by atoms with Gasteiger partial charge in [-0.15, -0.1) is 5.10 Å². The third-order valence-electron chi connectivity index (χ3n) is 4.89. The largest absolute Gasteiger partial charge is 0.337 e. The minimum atomic E-state index is 0.0331. The van der Waals surface area contributed by atoms with E-state index in [2.05, 4.69) is 46.2 Å². The van der Waals surface area contributed by atoms with Crippen molar-refractivity contribution in [3.8, 4) is 0 Å². The van der Waals surface area contributed by atoms with Crippen molar-refractivity contribution < 1.29 is 4.79 Å². The van der Waals surface area contributed by atoms with Crippen molar-refractivity contribution in [2.75, 3.05) is 47.3 Å². The number of aryl methyl sites for hydroxylation is 1. The van der Waals surface area contributed by atoms with Crippen LogP contribution >= 0.6 is 0 Å². The van der Waals surface area contributed by atoms with Gasteiger partial charge in [0.25, 0.3) is 5.91 Å². The topological polar surface area (TPSA) is 70.4 Å². The Morgan fingerprint density at radius 2 is 2.12 bits per heavy atom. The maximum atomic E-state index is 12.9. The number of amides is 1. The normalized spacial score (nSPS) is 18.5. The Morgan fingerprint density at radius 3 is 2.88 bits per heavy atom. The van der Waals surface area contributed by atoms with Crippen LogP contribution in [0.15, 0.2) is 12.3 Å². The number of carbonyl (C=O) groups is 1. The van der Waals surface area contributed by atoms with Gasteiger partial charge >= 0.3 is 0 Å². The van der Waals surface area contributed by atoms with Gasteiger partial charge in [0, 0.05) is 45.5 Å². The molecule has 0 saturated carbocycles. The van der Waals surface area contributed by atoms with Crippen LogP contribution < -0.4 is 0 Å². The predicted molar refractivity (Wildman–Crippen MR) is 96.4 cm³/mol. The molecule has 0 radical (unpaired) electrons. The second-order valence-electron chi connectivity index (χ2n) is 7.11. The lowest BCUT2D eigenvalue weighted by atomic mass is 10.0. The summed E-state index contributed by atoms with van der Waals surface area (Å²) in [5.74, 6) is 0.0331. The zero-order valence-electron chi connectivity index (χ0n) is 15.5. The molecule has 0 unspecified atom stereocenters. The van der Waals surface area contributed by atoms with Crippen molar-refractivity contribution in [2.24, 2.45) is 7.05 Å². The van der Waals surface area contributed by atoms with Gasteiger partial charge < -0.3 is 14.7 Å². The lowest BCUT2D eigenvalue weighted by Crippen LogP contribution is -2.49. The third kappa shape index (κ3) is 3.96. The summed E-state index contributed by atoms with van der Waals surface area (Å²) in [5.41, 5.74) is 1.94. The number of carbonyl (C=O) groups excluding carboxylic acids is 1. The van der Waals surface area contributed by atoms with Crippen LogP contribution in [0, 0.1) is 0 Å². The number of hydrogen-bond acceptors (Lipinski definition) is 6. The Balaban J connectivity index is 1.68. The van der Waals surface area contributed by atoms with E-state index >= 15 is 0 Å². The molecule has 1 aliphatic rings. The second-order valence-corrected chi connectivity index (χ2v) is 7.11. The third-order valence-corrected chi connectivity index (χ3v) is 4.89. The van der Waals surface area contributed by atoms with Gasteiger partial charge in [-0.1, -0.05) is 5.21 Å². The molecule has 0 spiro atoms. The highest BCUT2D eigenvalue weighted by Crippen LogP contribution is 2.18. The van der Waals surface area contributed by atoms with Crippen molar-refractivity contribution in [3.05, 3.63) is 17.8 Å². The maximum Gasteiger partial charge on any atom is 0.255 e. The number of pyridine rings is 1. The summed E-state index contributed by atoms with van der Waals surface area (Å²) in [4.78, 5) is 23.7. The molecule has 0 aliphatic carbocycles. The van der Waals surface area contributed by atoms with E-state index in [4.69, 9.17) is 0 Å². The molecular formula is C17H27N7O. The minimum Gasteiger partial charge on any atom is -0.337 e. The van der Waals surface area contributed by atoms with Gasteiger partial charge in [-0.05, 0) is 40.1 Å². The summed E-state index contributed by atoms with van der Waals surface area (Å²) >= 11 is 0. The summed E-state index contributed by atoms with van der Waals surface area (Å²) in [6.45, 7) is 3.59. The fourth-order valence-corrected chi connectivity index (χ4v) is 3.27. The van der Waals surface area contributed by atoms with Crippen LogP contribution in [0.1, 0.15) is 23.2 Å². The van der Waals surface area contributed by atoms with Crippen LogP contribution in [0.3, 0.4) is 0 Å². The maximum absolute atomic E-state index is 12.9. The average molecular weight is 345 g/mol. The van der Waals surface area contributed by atoms with Crippen molar-refractivity contribution >= 4 is 17.1 Å². The quantitative estimate of drug-likeness (QED) is 0.784. The molecule has 0 aromatic carbocycles. The Labute approximate surface area is 148 Å². The molecule has 0 bridgehead atoms. The van der Waals surface area contributed by atoms with Gasteiger partial charge in [0.15, 0.2) is 5.65 Å². The highest BCUT2D eigenvalue weighted by molar-refractivity contribution is 5.96. The van der Waals surface area contributed by atoms with Crippen LogP contribution in [0.2, 0.25) is 0 Å². The molecule has 2 aromatic rings. The van der Waals surface area contributed by atoms with Gasteiger partial charge in [-0.25, -0.2) is 9.67 Å². The molecule has 8 nitrogen and oxygen atoms in total. The van der Waals surface area contributed by atoms with Gasteiger partial charge in [-0.3, -0.25) is 4.79 Å². The highest BCUT2D eigenvalue weighted by Gasteiger charge is 2.27. The summed E-state index contributed by atoms with van der Waals surface area (Å²) in [7, 11) is 8.11. The first kappa shape index (κ1) is 17.8. The van der Waals surface area contributed by atoms with Crippen molar-refractivity contribution in [2.45, 2.75) is 18.9 Å². The molecule has 8 heteroatoms. The predicted octanol–water partition coefficient (Wildman–Crippen LogP) is 0.461. The Bertz CT molecular complexity index is 742. The monoisotopic (exact) mass is 345 g/mol. The molecule has 3 rings (SSSR count). The molecule has 136 valence electrons. The van der Waals surface area contributed by atoms with E-state index < -0.39 is 0 Å². The molecule has 25 heavy (non-hydrogen) atoms. The van der Waals surface area contributed by atoms with Crippen LogP contribution in [0.5, 0.6) is 0 Å². The number of piperidine rings is 1. The highest BCUT2D eigenvalue weighted by atomic mass is 16.2. The average Bonchev–Trinajstić information content (AvgIpc) is 2.99. The molecule has 1 amide bonds. The fourth-order valence-electron chi connectivity index (χ4n) is 3.27. The summed E-state index contributed by atoms with van der Waals surface area (Å²) < 4.78 is 1.61. The zero-order valence-corrected chi connectivity index (χ0v) is 15.5. The second kappa shape index (κ2) is 7.45. The number of aromatic nitrogens is 4. The van der Waals surface area contributed by atoms with E-state index in [1.807, 2.05) is 4.90 Å². The number of rotatable bonds is 5. The first-order chi connectivity index (χ1) is 12.0. The van der Waals surface area contributed by atoms with Gasteiger partial charge in [-0.2, -0.15) is 0 Å². The summed E-state index contributed by atoms with van der Waals surface area (Å²) in [6, 6.07) is 2.20. The van der Waals surface area contributed by atoms with E-state index in [0.717, 1.165) is 39.0 Å². The van der Waals surface area contributed by atoms with Gasteiger partial charge in [0.1, 0.15) is 5.52 Å². The zero-order chi connectivity index (χ0) is 18.0. The van der Waals surface area contributed by atoms with E-state index in [9.17, 15) is 4.79 Å². The molecule has 1 atom stereocenters. The van der Waals surface area contributed by atoms with Crippen LogP contribution in [-0.2, 0) is 7.05 Å². The van der Waals surface area contributed by atoms with Crippen LogP contribution in [0.25, 0.3) is 11.2 Å². The Kier molecular flexibility index (Phi) is 5.29. The number of fused-ring (bicyclic) bond motifs is 1. The first-order valence-corrected chi connectivity index (χ1v) is 8.75. The van der Waals surface area contributed by atoms with E-state index in [0.29, 0.717) is 22.8 Å². The summed E-state index contributed by atoms with van der Waals surface area (Å²) in [6.07, 6.45) is 3.80. The SMILES string of the molecule is CN(C)CCN(C)[C@H]1CCCN(C(=O)c2cnc3c(c2)nnn3C)C1. The first-order valence-electron chi connectivity index (χ1n) is 8.75. The van der Waals surface area contributed by atoms with Crippen molar-refractivity contribution in [1.82, 2.24) is 34.7 Å². The van der Waals surface area contributed by atoms with Crippen LogP contribution in [-0.4, -0.2) is 93.9 Å². The lowest BCUT2D eigenvalue weighted by Gasteiger charge is -2.38. The number of likely N-dealkylation sites (tertiary alicyclic amines) is 1. The van der Waals surface area contributed by atoms with E-state index in [1.54, 1.807) is 24.0 Å². The molecule has 0 N–H and O–H groups in total. The Morgan fingerprint density at radius 1 is 1.32 bits per heavy atom. The number of hydrogen-bond donors (Lipinski definition) is 0. The fraction of sp³-hybridized carbons (Fsp3) is 0.647. The summed E-state index contributed by atoms with van der Waals surface area (Å²) in [5, 5.41) is 8.00. The van der Waals surface area contributed by atoms with Crippen LogP contribution in [0.4, 0.5) is 0 Å². The van der Waals surface area contributed by atoms with Crippen molar-refractivity contribution in [1.29, 1.82) is 0 Å². The number of nitrogens with zero attached hydrogens (tertiary/aromatic N) is 7. The molecule has 1 saturated heterocycles. The van der Waals surface area contributed by atoms with E-state index in [1.165, 1.54) is 0 Å². The molecule has 2 aromatic heterocycles. The molecule has 1 fully saturated rings. The minimum absolute atomic E-state index is 0.0331. The lowest BCUT2D eigenvalue weighted by molar-refractivity contribution is 0.0603. The van der Waals surface area contributed by atoms with E-state index in [-0.39, 0.29) is 5.91 Å². The molecule has 3 heterocycles. The van der Waals surface area contributed by atoms with Gasteiger partial charge in [0.2, 0.25) is 0 Å². The number of likely N-dealkylation sites (N-methyl/N-ethyl adjacent to an activating group) is 2. The standard InChI is InChI=1S/C17H27N7O/c1-21(2)8-9-22(3)14-6-5-7-24(12-14)17(25)13-10-15-16(18-11-13)23(4)20-19-15/h10-11,14H,5-9,12H2,1-4H3/t14-/m0/s1. The smallest absolute Gasteiger partial charge is 0.255 e. The van der Waals surface area contributed by atoms with Crippen molar-refractivity contribution in [3.63, 3.8) is 0 Å². The van der Waals surface area contributed by atoms with Gasteiger partial charge in [0.05, 0.1) is 5.56 Å². The molecular weight excluding hydrogens is 318 g/mol.